The number of hydrogen-bond donors (Lipinski definition) is 2. The second-order valence-electron chi connectivity index (χ2n) is 9.63. The van der Waals surface area contributed by atoms with Crippen LogP contribution in [-0.4, -0.2) is 37.3 Å². The number of halogens is 3. The van der Waals surface area contributed by atoms with Gasteiger partial charge in [-0.25, -0.2) is 5.43 Å². The maximum absolute atomic E-state index is 13.2. The Bertz CT molecular complexity index is 1610. The first-order chi connectivity index (χ1) is 21.2. The average molecular weight is 699 g/mol. The SMILES string of the molecule is COc1cc(/C=N\NC(=O)[C@H](Cc2ccccc2)NC(=O)[C@H](C)Oc2ccc(Cl)cc2Cl)cc(Br)c1OCc1ccccc1. The Morgan fingerprint density at radius 1 is 0.909 bits per heavy atom. The van der Waals surface area contributed by atoms with Crippen molar-refractivity contribution in [2.75, 3.05) is 7.11 Å². The van der Waals surface area contributed by atoms with Crippen molar-refractivity contribution in [2.24, 2.45) is 5.10 Å². The Morgan fingerprint density at radius 3 is 2.25 bits per heavy atom. The van der Waals surface area contributed by atoms with Gasteiger partial charge in [-0.1, -0.05) is 83.9 Å². The van der Waals surface area contributed by atoms with Gasteiger partial charge in [0.15, 0.2) is 17.6 Å². The Morgan fingerprint density at radius 2 is 1.59 bits per heavy atom. The molecule has 0 heterocycles. The number of ether oxygens (including phenoxy) is 3. The van der Waals surface area contributed by atoms with Gasteiger partial charge < -0.3 is 19.5 Å². The molecular weight excluding hydrogens is 669 g/mol. The molecule has 228 valence electrons. The van der Waals surface area contributed by atoms with Gasteiger partial charge in [0.05, 0.1) is 22.8 Å². The molecule has 0 aliphatic carbocycles. The molecule has 44 heavy (non-hydrogen) atoms. The van der Waals surface area contributed by atoms with E-state index in [1.165, 1.54) is 12.3 Å². The molecule has 4 aromatic carbocycles. The van der Waals surface area contributed by atoms with Gasteiger partial charge in [-0.15, -0.1) is 0 Å². The van der Waals surface area contributed by atoms with Crippen LogP contribution in [-0.2, 0) is 22.6 Å². The first-order valence-corrected chi connectivity index (χ1v) is 15.1. The van der Waals surface area contributed by atoms with Crippen LogP contribution < -0.4 is 25.0 Å². The van der Waals surface area contributed by atoms with Crippen LogP contribution in [0.1, 0.15) is 23.6 Å². The average Bonchev–Trinajstić information content (AvgIpc) is 3.02. The van der Waals surface area contributed by atoms with E-state index in [2.05, 4.69) is 31.8 Å². The highest BCUT2D eigenvalue weighted by Crippen LogP contribution is 2.37. The van der Waals surface area contributed by atoms with Crippen molar-refractivity contribution < 1.29 is 23.8 Å². The number of carbonyl (C=O) groups excluding carboxylic acids is 2. The molecule has 4 rings (SSSR count). The van der Waals surface area contributed by atoms with Gasteiger partial charge in [0, 0.05) is 11.4 Å². The standard InChI is InChI=1S/C33H30BrCl2N3O5/c1-21(44-29-14-13-25(35)18-27(29)36)32(40)38-28(16-22-9-5-3-6-10-22)33(41)39-37-19-24-15-26(34)31(30(17-24)42-2)43-20-23-11-7-4-8-12-23/h3-15,17-19,21,28H,16,20H2,1-2H3,(H,38,40)(H,39,41)/b37-19-/t21-,28-/m0/s1. The fraction of sp³-hybridized carbons (Fsp3) is 0.182. The molecule has 2 amide bonds. The lowest BCUT2D eigenvalue weighted by Gasteiger charge is -2.21. The van der Waals surface area contributed by atoms with E-state index in [0.717, 1.165) is 11.1 Å². The van der Waals surface area contributed by atoms with Crippen LogP contribution in [0.2, 0.25) is 10.0 Å². The van der Waals surface area contributed by atoms with E-state index in [4.69, 9.17) is 37.4 Å². The molecule has 0 radical (unpaired) electrons. The van der Waals surface area contributed by atoms with Gasteiger partial charge >= 0.3 is 0 Å². The molecule has 0 aliphatic heterocycles. The number of carbonyl (C=O) groups is 2. The minimum Gasteiger partial charge on any atom is -0.493 e. The van der Waals surface area contributed by atoms with E-state index in [9.17, 15) is 9.59 Å². The second-order valence-corrected chi connectivity index (χ2v) is 11.3. The van der Waals surface area contributed by atoms with Crippen LogP contribution in [0.25, 0.3) is 0 Å². The molecule has 0 saturated heterocycles. The molecule has 0 bridgehead atoms. The van der Waals surface area contributed by atoms with Crippen molar-refractivity contribution in [3.8, 4) is 17.2 Å². The van der Waals surface area contributed by atoms with Gasteiger partial charge in [-0.05, 0) is 69.9 Å². The summed E-state index contributed by atoms with van der Waals surface area (Å²) >= 11 is 15.7. The van der Waals surface area contributed by atoms with Crippen molar-refractivity contribution >= 4 is 57.2 Å². The normalized spacial score (nSPS) is 12.3. The van der Waals surface area contributed by atoms with Gasteiger partial charge in [-0.2, -0.15) is 5.10 Å². The molecule has 8 nitrogen and oxygen atoms in total. The van der Waals surface area contributed by atoms with Crippen molar-refractivity contribution in [1.82, 2.24) is 10.7 Å². The molecule has 0 fully saturated rings. The summed E-state index contributed by atoms with van der Waals surface area (Å²) in [7, 11) is 1.54. The Hall–Kier alpha value is -4.05. The highest BCUT2D eigenvalue weighted by molar-refractivity contribution is 9.10. The van der Waals surface area contributed by atoms with Crippen LogP contribution in [0, 0.1) is 0 Å². The zero-order valence-electron chi connectivity index (χ0n) is 23.9. The smallest absolute Gasteiger partial charge is 0.262 e. The molecule has 2 atom stereocenters. The molecule has 0 spiro atoms. The second kappa shape index (κ2) is 16.1. The van der Waals surface area contributed by atoms with Crippen molar-refractivity contribution in [3.63, 3.8) is 0 Å². The first-order valence-electron chi connectivity index (χ1n) is 13.6. The maximum atomic E-state index is 13.2. The van der Waals surface area contributed by atoms with E-state index >= 15 is 0 Å². The Labute approximate surface area is 274 Å². The number of rotatable bonds is 13. The van der Waals surface area contributed by atoms with Gasteiger partial charge in [0.2, 0.25) is 0 Å². The van der Waals surface area contributed by atoms with Crippen molar-refractivity contribution in [1.29, 1.82) is 0 Å². The predicted molar refractivity (Wildman–Crippen MR) is 176 cm³/mol. The third-order valence-electron chi connectivity index (χ3n) is 6.35. The van der Waals surface area contributed by atoms with E-state index in [1.807, 2.05) is 60.7 Å². The summed E-state index contributed by atoms with van der Waals surface area (Å²) < 4.78 is 17.9. The van der Waals surface area contributed by atoms with Crippen LogP contribution >= 0.6 is 39.1 Å². The fourth-order valence-electron chi connectivity index (χ4n) is 4.10. The van der Waals surface area contributed by atoms with Crippen LogP contribution in [0.4, 0.5) is 0 Å². The summed E-state index contributed by atoms with van der Waals surface area (Å²) in [6.07, 6.45) is 0.757. The molecule has 11 heteroatoms. The highest BCUT2D eigenvalue weighted by atomic mass is 79.9. The van der Waals surface area contributed by atoms with Crippen LogP contribution in [0.15, 0.2) is 101 Å². The highest BCUT2D eigenvalue weighted by Gasteiger charge is 2.25. The van der Waals surface area contributed by atoms with Crippen molar-refractivity contribution in [3.05, 3.63) is 122 Å². The van der Waals surface area contributed by atoms with Crippen LogP contribution in [0.5, 0.6) is 17.2 Å². The fourth-order valence-corrected chi connectivity index (χ4v) is 5.12. The lowest BCUT2D eigenvalue weighted by molar-refractivity contribution is -0.132. The lowest BCUT2D eigenvalue weighted by atomic mass is 10.1. The summed E-state index contributed by atoms with van der Waals surface area (Å²) in [5, 5.41) is 7.60. The molecule has 4 aromatic rings. The van der Waals surface area contributed by atoms with Gasteiger partial charge in [0.1, 0.15) is 18.4 Å². The number of hydrazone groups is 1. The summed E-state index contributed by atoms with van der Waals surface area (Å²) in [6.45, 7) is 1.93. The quantitative estimate of drug-likeness (QED) is 0.116. The number of hydrogen-bond acceptors (Lipinski definition) is 6. The number of amides is 2. The van der Waals surface area contributed by atoms with Gasteiger partial charge in [0.25, 0.3) is 11.8 Å². The maximum Gasteiger partial charge on any atom is 0.262 e. The zero-order valence-corrected chi connectivity index (χ0v) is 27.0. The lowest BCUT2D eigenvalue weighted by Crippen LogP contribution is -2.50. The molecule has 0 saturated carbocycles. The Balaban J connectivity index is 1.43. The predicted octanol–water partition coefficient (Wildman–Crippen LogP) is 6.99. The number of nitrogens with zero attached hydrogens (tertiary/aromatic N) is 1. The summed E-state index contributed by atoms with van der Waals surface area (Å²) in [6, 6.07) is 26.4. The third kappa shape index (κ3) is 9.47. The number of nitrogens with one attached hydrogen (secondary N) is 2. The largest absolute Gasteiger partial charge is 0.493 e. The Kier molecular flexibility index (Phi) is 12.1. The van der Waals surface area contributed by atoms with Gasteiger partial charge in [-0.3, -0.25) is 9.59 Å². The molecule has 2 N–H and O–H groups in total. The molecule has 0 aromatic heterocycles. The third-order valence-corrected chi connectivity index (χ3v) is 7.47. The van der Waals surface area contributed by atoms with E-state index in [-0.39, 0.29) is 11.4 Å². The first kappa shape index (κ1) is 32.9. The topological polar surface area (TPSA) is 98.2 Å². The minimum absolute atomic E-state index is 0.231. The zero-order chi connectivity index (χ0) is 31.5. The summed E-state index contributed by atoms with van der Waals surface area (Å²) in [5.74, 6) is 0.316. The monoisotopic (exact) mass is 697 g/mol. The molecule has 0 aliphatic rings. The molecular formula is C33H30BrCl2N3O5. The van der Waals surface area contributed by atoms with Crippen molar-refractivity contribution in [2.45, 2.75) is 32.1 Å². The van der Waals surface area contributed by atoms with E-state index in [0.29, 0.717) is 38.9 Å². The minimum atomic E-state index is -0.948. The summed E-state index contributed by atoms with van der Waals surface area (Å²) in [4.78, 5) is 26.3. The number of benzene rings is 4. The van der Waals surface area contributed by atoms with E-state index in [1.54, 1.807) is 38.3 Å². The van der Waals surface area contributed by atoms with E-state index < -0.39 is 24.0 Å². The molecule has 0 unspecified atom stereocenters. The van der Waals surface area contributed by atoms with Crippen LogP contribution in [0.3, 0.4) is 0 Å². The number of methoxy groups -OCH3 is 1. The summed E-state index contributed by atoms with van der Waals surface area (Å²) in [5.41, 5.74) is 5.04.